The molecular weight excluding hydrogens is 280 g/mol. The molecule has 0 fully saturated rings. The first-order valence-electron chi connectivity index (χ1n) is 5.58. The molecule has 0 aliphatic carbocycles. The standard InChI is InChI=1S/C13H15BrN2O/c1-9(11-4-3-7-15-8-11)16-10(2)12-5-6-13(14)17-12/h3-10,16H,1-2H3/t9-,10?/m1/s1. The second-order valence-electron chi connectivity index (χ2n) is 4.04. The monoisotopic (exact) mass is 294 g/mol. The van der Waals surface area contributed by atoms with Crippen molar-refractivity contribution in [2.45, 2.75) is 25.9 Å². The Balaban J connectivity index is 2.02. The van der Waals surface area contributed by atoms with Crippen LogP contribution < -0.4 is 5.32 Å². The summed E-state index contributed by atoms with van der Waals surface area (Å²) in [6.45, 7) is 4.20. The molecule has 2 aromatic rings. The number of nitrogens with one attached hydrogen (secondary N) is 1. The molecule has 1 unspecified atom stereocenters. The Labute approximate surface area is 109 Å². The van der Waals surface area contributed by atoms with Crippen LogP contribution in [-0.4, -0.2) is 4.98 Å². The van der Waals surface area contributed by atoms with Crippen LogP contribution in [-0.2, 0) is 0 Å². The average Bonchev–Trinajstić information content (AvgIpc) is 2.77. The summed E-state index contributed by atoms with van der Waals surface area (Å²) in [5.74, 6) is 0.924. The molecule has 0 radical (unpaired) electrons. The molecule has 2 heterocycles. The number of halogens is 1. The van der Waals surface area contributed by atoms with Gasteiger partial charge in [-0.05, 0) is 53.5 Å². The fourth-order valence-corrected chi connectivity index (χ4v) is 2.07. The van der Waals surface area contributed by atoms with Crippen LogP contribution in [0.3, 0.4) is 0 Å². The maximum absolute atomic E-state index is 5.52. The van der Waals surface area contributed by atoms with Gasteiger partial charge in [-0.1, -0.05) is 6.07 Å². The van der Waals surface area contributed by atoms with Crippen LogP contribution in [0.4, 0.5) is 0 Å². The minimum absolute atomic E-state index is 0.163. The van der Waals surface area contributed by atoms with Gasteiger partial charge in [0.1, 0.15) is 5.76 Å². The third kappa shape index (κ3) is 3.17. The number of rotatable bonds is 4. The zero-order valence-electron chi connectivity index (χ0n) is 9.85. The smallest absolute Gasteiger partial charge is 0.169 e. The van der Waals surface area contributed by atoms with Crippen LogP contribution >= 0.6 is 15.9 Å². The second kappa shape index (κ2) is 5.47. The Hall–Kier alpha value is -1.13. The fourth-order valence-electron chi connectivity index (χ4n) is 1.75. The fraction of sp³-hybridized carbons (Fsp3) is 0.308. The van der Waals surface area contributed by atoms with E-state index >= 15 is 0 Å². The van der Waals surface area contributed by atoms with Gasteiger partial charge in [0.05, 0.1) is 6.04 Å². The molecule has 0 aliphatic heterocycles. The maximum atomic E-state index is 5.52. The van der Waals surface area contributed by atoms with E-state index in [9.17, 15) is 0 Å². The normalized spacial score (nSPS) is 14.5. The summed E-state index contributed by atoms with van der Waals surface area (Å²) < 4.78 is 6.28. The molecule has 0 aliphatic rings. The summed E-state index contributed by atoms with van der Waals surface area (Å²) in [5, 5.41) is 3.47. The van der Waals surface area contributed by atoms with Crippen molar-refractivity contribution in [2.24, 2.45) is 0 Å². The number of hydrogen-bond donors (Lipinski definition) is 1. The van der Waals surface area contributed by atoms with E-state index in [4.69, 9.17) is 4.42 Å². The van der Waals surface area contributed by atoms with Crippen molar-refractivity contribution >= 4 is 15.9 Å². The van der Waals surface area contributed by atoms with E-state index in [1.54, 1.807) is 6.20 Å². The van der Waals surface area contributed by atoms with Crippen molar-refractivity contribution in [1.82, 2.24) is 10.3 Å². The molecule has 0 aromatic carbocycles. The third-order valence-electron chi connectivity index (χ3n) is 2.71. The third-order valence-corrected chi connectivity index (χ3v) is 3.13. The van der Waals surface area contributed by atoms with Crippen LogP contribution in [0.25, 0.3) is 0 Å². The van der Waals surface area contributed by atoms with E-state index in [2.05, 4.69) is 46.1 Å². The van der Waals surface area contributed by atoms with Crippen molar-refractivity contribution < 1.29 is 4.42 Å². The first kappa shape index (κ1) is 12.3. The highest BCUT2D eigenvalue weighted by Gasteiger charge is 2.13. The second-order valence-corrected chi connectivity index (χ2v) is 4.82. The minimum atomic E-state index is 0.163. The first-order chi connectivity index (χ1) is 8.16. The lowest BCUT2D eigenvalue weighted by atomic mass is 10.1. The number of pyridine rings is 1. The molecule has 90 valence electrons. The Kier molecular flexibility index (Phi) is 3.97. The average molecular weight is 295 g/mol. The lowest BCUT2D eigenvalue weighted by Crippen LogP contribution is -2.22. The molecule has 0 bridgehead atoms. The molecule has 2 atom stereocenters. The Morgan fingerprint density at radius 2 is 2.06 bits per heavy atom. The molecule has 2 rings (SSSR count). The van der Waals surface area contributed by atoms with E-state index in [0.717, 1.165) is 10.4 Å². The van der Waals surface area contributed by atoms with Crippen LogP contribution in [0, 0.1) is 0 Å². The number of furan rings is 1. The van der Waals surface area contributed by atoms with Gasteiger partial charge in [0.15, 0.2) is 4.67 Å². The van der Waals surface area contributed by atoms with Crippen molar-refractivity contribution in [2.75, 3.05) is 0 Å². The molecule has 0 saturated carbocycles. The lowest BCUT2D eigenvalue weighted by molar-refractivity contribution is 0.393. The predicted molar refractivity (Wildman–Crippen MR) is 70.6 cm³/mol. The van der Waals surface area contributed by atoms with Gasteiger partial charge in [0.2, 0.25) is 0 Å². The molecule has 1 N–H and O–H groups in total. The Morgan fingerprint density at radius 1 is 1.24 bits per heavy atom. The van der Waals surface area contributed by atoms with Gasteiger partial charge in [-0.15, -0.1) is 0 Å². The lowest BCUT2D eigenvalue weighted by Gasteiger charge is -2.18. The molecule has 3 nitrogen and oxygen atoms in total. The topological polar surface area (TPSA) is 38.1 Å². The molecule has 0 saturated heterocycles. The molecule has 4 heteroatoms. The van der Waals surface area contributed by atoms with Crippen LogP contribution in [0.1, 0.15) is 37.3 Å². The largest absolute Gasteiger partial charge is 0.453 e. The van der Waals surface area contributed by atoms with Crippen LogP contribution in [0.5, 0.6) is 0 Å². The summed E-state index contributed by atoms with van der Waals surface area (Å²) in [5.41, 5.74) is 1.17. The zero-order valence-corrected chi connectivity index (χ0v) is 11.4. The first-order valence-corrected chi connectivity index (χ1v) is 6.37. The van der Waals surface area contributed by atoms with E-state index in [0.29, 0.717) is 0 Å². The SMILES string of the molecule is CC(N[C@H](C)c1cccnc1)c1ccc(Br)o1. The highest BCUT2D eigenvalue weighted by molar-refractivity contribution is 9.10. The number of aromatic nitrogens is 1. The van der Waals surface area contributed by atoms with Gasteiger partial charge in [0.25, 0.3) is 0 Å². The van der Waals surface area contributed by atoms with Gasteiger partial charge >= 0.3 is 0 Å². The van der Waals surface area contributed by atoms with Gasteiger partial charge in [0, 0.05) is 18.4 Å². The van der Waals surface area contributed by atoms with E-state index in [1.807, 2.05) is 24.4 Å². The number of hydrogen-bond acceptors (Lipinski definition) is 3. The van der Waals surface area contributed by atoms with Crippen molar-refractivity contribution in [3.05, 3.63) is 52.7 Å². The van der Waals surface area contributed by atoms with Crippen LogP contribution in [0.15, 0.2) is 45.7 Å². The van der Waals surface area contributed by atoms with Crippen LogP contribution in [0.2, 0.25) is 0 Å². The molecule has 0 amide bonds. The zero-order chi connectivity index (χ0) is 12.3. The van der Waals surface area contributed by atoms with Gasteiger partial charge in [-0.2, -0.15) is 0 Å². The highest BCUT2D eigenvalue weighted by Crippen LogP contribution is 2.22. The van der Waals surface area contributed by atoms with Gasteiger partial charge in [-0.25, -0.2) is 0 Å². The summed E-state index contributed by atoms with van der Waals surface area (Å²) in [7, 11) is 0. The van der Waals surface area contributed by atoms with Gasteiger partial charge in [-0.3, -0.25) is 4.98 Å². The van der Waals surface area contributed by atoms with Crippen molar-refractivity contribution in [3.8, 4) is 0 Å². The van der Waals surface area contributed by atoms with E-state index in [-0.39, 0.29) is 12.1 Å². The Bertz CT molecular complexity index is 469. The summed E-state index contributed by atoms with van der Waals surface area (Å²) in [6.07, 6.45) is 3.66. The summed E-state index contributed by atoms with van der Waals surface area (Å²) >= 11 is 3.31. The van der Waals surface area contributed by atoms with Gasteiger partial charge < -0.3 is 9.73 Å². The summed E-state index contributed by atoms with van der Waals surface area (Å²) in [4.78, 5) is 4.12. The highest BCUT2D eigenvalue weighted by atomic mass is 79.9. The minimum Gasteiger partial charge on any atom is -0.453 e. The quantitative estimate of drug-likeness (QED) is 0.931. The molecule has 17 heavy (non-hydrogen) atoms. The molecule has 0 spiro atoms. The van der Waals surface area contributed by atoms with E-state index in [1.165, 1.54) is 5.56 Å². The maximum Gasteiger partial charge on any atom is 0.169 e. The Morgan fingerprint density at radius 3 is 2.65 bits per heavy atom. The predicted octanol–water partition coefficient (Wildman–Crippen LogP) is 3.85. The molecular formula is C13H15BrN2O. The summed E-state index contributed by atoms with van der Waals surface area (Å²) in [6, 6.07) is 8.29. The van der Waals surface area contributed by atoms with Crippen molar-refractivity contribution in [1.29, 1.82) is 0 Å². The molecule has 2 aromatic heterocycles. The van der Waals surface area contributed by atoms with E-state index < -0.39 is 0 Å². The number of nitrogens with zero attached hydrogens (tertiary/aromatic N) is 1. The van der Waals surface area contributed by atoms with Crippen molar-refractivity contribution in [3.63, 3.8) is 0 Å².